The smallest absolute Gasteiger partial charge is 0.170 e. The molecule has 2 rings (SSSR count). The van der Waals surface area contributed by atoms with Crippen LogP contribution in [0.15, 0.2) is 18.2 Å². The number of aromatic nitrogens is 3. The van der Waals surface area contributed by atoms with Gasteiger partial charge >= 0.3 is 0 Å². The topological polar surface area (TPSA) is 56.7 Å². The fourth-order valence-electron chi connectivity index (χ4n) is 1.82. The summed E-state index contributed by atoms with van der Waals surface area (Å²) in [6.45, 7) is 6.21. The van der Waals surface area contributed by atoms with Crippen molar-refractivity contribution >= 4 is 40.0 Å². The van der Waals surface area contributed by atoms with Gasteiger partial charge in [0.1, 0.15) is 0 Å². The second kappa shape index (κ2) is 4.70. The van der Waals surface area contributed by atoms with Crippen molar-refractivity contribution in [1.29, 1.82) is 0 Å². The van der Waals surface area contributed by atoms with E-state index < -0.39 is 0 Å². The van der Waals surface area contributed by atoms with E-state index in [1.54, 1.807) is 4.68 Å². The summed E-state index contributed by atoms with van der Waals surface area (Å²) in [5.74, 6) is 0.442. The van der Waals surface area contributed by atoms with Gasteiger partial charge in [-0.3, -0.25) is 0 Å². The zero-order chi connectivity index (χ0) is 13.5. The molecular weight excluding hydrogens is 363 g/mol. The maximum Gasteiger partial charge on any atom is 0.170 e. The van der Waals surface area contributed by atoms with Crippen molar-refractivity contribution < 1.29 is 0 Å². The molecule has 96 valence electrons. The second-order valence-corrected chi connectivity index (χ2v) is 6.73. The molecule has 0 unspecified atom stereocenters. The summed E-state index contributed by atoms with van der Waals surface area (Å²) in [5, 5.41) is 8.69. The molecule has 6 heteroatoms. The SMILES string of the molecule is CC(C)(C)c1c(N)nnn1-c1ccc(I)cc1Cl. The summed E-state index contributed by atoms with van der Waals surface area (Å²) in [6.07, 6.45) is 0. The molecule has 0 saturated heterocycles. The van der Waals surface area contributed by atoms with E-state index in [4.69, 9.17) is 17.3 Å². The molecule has 2 N–H and O–H groups in total. The first kappa shape index (κ1) is 13.6. The lowest BCUT2D eigenvalue weighted by atomic mass is 9.91. The minimum atomic E-state index is -0.153. The fourth-order valence-corrected chi connectivity index (χ4v) is 2.75. The Hall–Kier alpha value is -0.820. The van der Waals surface area contributed by atoms with Crippen LogP contribution in [0.4, 0.5) is 5.82 Å². The molecule has 0 fully saturated rings. The van der Waals surface area contributed by atoms with Gasteiger partial charge in [-0.15, -0.1) is 5.10 Å². The van der Waals surface area contributed by atoms with E-state index >= 15 is 0 Å². The van der Waals surface area contributed by atoms with Gasteiger partial charge < -0.3 is 5.73 Å². The molecule has 1 aromatic carbocycles. The molecule has 0 aliphatic rings. The van der Waals surface area contributed by atoms with Crippen LogP contribution in [-0.2, 0) is 5.41 Å². The molecule has 0 saturated carbocycles. The number of rotatable bonds is 1. The van der Waals surface area contributed by atoms with Crippen molar-refractivity contribution in [3.05, 3.63) is 32.5 Å². The van der Waals surface area contributed by atoms with E-state index in [2.05, 4.69) is 53.7 Å². The molecule has 1 heterocycles. The largest absolute Gasteiger partial charge is 0.381 e. The van der Waals surface area contributed by atoms with Gasteiger partial charge in [0, 0.05) is 8.99 Å². The fraction of sp³-hybridized carbons (Fsp3) is 0.333. The first-order valence-electron chi connectivity index (χ1n) is 5.48. The average molecular weight is 377 g/mol. The molecule has 1 aromatic heterocycles. The van der Waals surface area contributed by atoms with E-state index in [1.807, 2.05) is 18.2 Å². The number of nitrogens with two attached hydrogens (primary N) is 1. The zero-order valence-electron chi connectivity index (χ0n) is 10.4. The van der Waals surface area contributed by atoms with Crippen LogP contribution in [0.25, 0.3) is 5.69 Å². The maximum atomic E-state index is 6.26. The maximum absolute atomic E-state index is 6.26. The Balaban J connectivity index is 2.65. The van der Waals surface area contributed by atoms with Gasteiger partial charge in [-0.2, -0.15) is 0 Å². The van der Waals surface area contributed by atoms with Crippen LogP contribution >= 0.6 is 34.2 Å². The van der Waals surface area contributed by atoms with Crippen molar-refractivity contribution in [1.82, 2.24) is 15.0 Å². The van der Waals surface area contributed by atoms with Crippen LogP contribution in [-0.4, -0.2) is 15.0 Å². The molecule has 0 atom stereocenters. The molecule has 0 amide bonds. The predicted molar refractivity (Wildman–Crippen MR) is 82.2 cm³/mol. The van der Waals surface area contributed by atoms with E-state index in [-0.39, 0.29) is 5.41 Å². The summed E-state index contributed by atoms with van der Waals surface area (Å²) in [7, 11) is 0. The van der Waals surface area contributed by atoms with Crippen molar-refractivity contribution in [2.45, 2.75) is 26.2 Å². The number of nitrogen functional groups attached to an aromatic ring is 1. The van der Waals surface area contributed by atoms with E-state index in [1.165, 1.54) is 0 Å². The van der Waals surface area contributed by atoms with Crippen LogP contribution in [0.3, 0.4) is 0 Å². The molecule has 2 aromatic rings. The minimum absolute atomic E-state index is 0.153. The number of nitrogens with zero attached hydrogens (tertiary/aromatic N) is 3. The third-order valence-electron chi connectivity index (χ3n) is 2.54. The monoisotopic (exact) mass is 376 g/mol. The highest BCUT2D eigenvalue weighted by molar-refractivity contribution is 14.1. The lowest BCUT2D eigenvalue weighted by molar-refractivity contribution is 0.544. The van der Waals surface area contributed by atoms with Gasteiger partial charge in [0.25, 0.3) is 0 Å². The molecule has 4 nitrogen and oxygen atoms in total. The first-order valence-corrected chi connectivity index (χ1v) is 6.93. The van der Waals surface area contributed by atoms with Gasteiger partial charge in [0.05, 0.1) is 16.4 Å². The van der Waals surface area contributed by atoms with E-state index in [9.17, 15) is 0 Å². The molecular formula is C12H14ClIN4. The second-order valence-electron chi connectivity index (χ2n) is 5.08. The van der Waals surface area contributed by atoms with Crippen molar-refractivity contribution in [3.63, 3.8) is 0 Å². The van der Waals surface area contributed by atoms with Crippen LogP contribution < -0.4 is 5.73 Å². The molecule has 0 bridgehead atoms. The Labute approximate surface area is 125 Å². The van der Waals surface area contributed by atoms with Crippen molar-refractivity contribution in [2.75, 3.05) is 5.73 Å². The van der Waals surface area contributed by atoms with Crippen LogP contribution in [0.5, 0.6) is 0 Å². The minimum Gasteiger partial charge on any atom is -0.381 e. The van der Waals surface area contributed by atoms with E-state index in [0.717, 1.165) is 15.0 Å². The first-order chi connectivity index (χ1) is 8.30. The summed E-state index contributed by atoms with van der Waals surface area (Å²) in [5.41, 5.74) is 7.42. The molecule has 0 radical (unpaired) electrons. The van der Waals surface area contributed by atoms with Crippen molar-refractivity contribution in [3.8, 4) is 5.69 Å². The summed E-state index contributed by atoms with van der Waals surface area (Å²) in [6, 6.07) is 5.79. The Bertz CT molecular complexity index is 586. The number of anilines is 1. The third kappa shape index (κ3) is 2.47. The Morgan fingerprint density at radius 2 is 2.00 bits per heavy atom. The van der Waals surface area contributed by atoms with Crippen LogP contribution in [0.2, 0.25) is 5.02 Å². The molecule has 0 spiro atoms. The average Bonchev–Trinajstić information content (AvgIpc) is 2.59. The quantitative estimate of drug-likeness (QED) is 0.776. The number of hydrogen-bond donors (Lipinski definition) is 1. The third-order valence-corrected chi connectivity index (χ3v) is 3.52. The van der Waals surface area contributed by atoms with Crippen LogP contribution in [0, 0.1) is 3.57 Å². The highest BCUT2D eigenvalue weighted by Gasteiger charge is 2.25. The highest BCUT2D eigenvalue weighted by atomic mass is 127. The summed E-state index contributed by atoms with van der Waals surface area (Å²) >= 11 is 8.48. The molecule has 18 heavy (non-hydrogen) atoms. The Kier molecular flexibility index (Phi) is 3.55. The zero-order valence-corrected chi connectivity index (χ0v) is 13.3. The van der Waals surface area contributed by atoms with Crippen molar-refractivity contribution in [2.24, 2.45) is 0 Å². The number of hydrogen-bond acceptors (Lipinski definition) is 3. The van der Waals surface area contributed by atoms with E-state index in [0.29, 0.717) is 10.8 Å². The normalized spacial score (nSPS) is 11.8. The Morgan fingerprint density at radius 1 is 1.33 bits per heavy atom. The van der Waals surface area contributed by atoms with Gasteiger partial charge in [-0.25, -0.2) is 4.68 Å². The Morgan fingerprint density at radius 3 is 2.56 bits per heavy atom. The number of halogens is 2. The van der Waals surface area contributed by atoms with Gasteiger partial charge in [0.15, 0.2) is 5.82 Å². The lowest BCUT2D eigenvalue weighted by Gasteiger charge is -2.20. The van der Waals surface area contributed by atoms with Gasteiger partial charge in [-0.1, -0.05) is 37.6 Å². The highest BCUT2D eigenvalue weighted by Crippen LogP contribution is 2.31. The molecule has 0 aliphatic heterocycles. The predicted octanol–water partition coefficient (Wildman–Crippen LogP) is 3.41. The summed E-state index contributed by atoms with van der Waals surface area (Å²) in [4.78, 5) is 0. The van der Waals surface area contributed by atoms with Crippen LogP contribution in [0.1, 0.15) is 26.5 Å². The molecule has 0 aliphatic carbocycles. The standard InChI is InChI=1S/C12H14ClIN4/c1-12(2,3)10-11(15)16-17-18(10)9-5-4-7(14)6-8(9)13/h4-6H,15H2,1-3H3. The summed E-state index contributed by atoms with van der Waals surface area (Å²) < 4.78 is 2.79. The number of benzene rings is 1. The van der Waals surface area contributed by atoms with Gasteiger partial charge in [-0.05, 0) is 40.8 Å². The van der Waals surface area contributed by atoms with Gasteiger partial charge in [0.2, 0.25) is 0 Å². The lowest BCUT2D eigenvalue weighted by Crippen LogP contribution is -2.19.